The van der Waals surface area contributed by atoms with E-state index in [9.17, 15) is 4.79 Å². The Morgan fingerprint density at radius 1 is 1.04 bits per heavy atom. The zero-order chi connectivity index (χ0) is 19.8. The van der Waals surface area contributed by atoms with Crippen molar-refractivity contribution in [2.24, 2.45) is 0 Å². The number of halogens is 1. The van der Waals surface area contributed by atoms with Gasteiger partial charge in [-0.2, -0.15) is 9.78 Å². The molecule has 1 aliphatic heterocycles. The number of rotatable bonds is 3. The van der Waals surface area contributed by atoms with Gasteiger partial charge in [0, 0.05) is 20.3 Å². The van der Waals surface area contributed by atoms with E-state index >= 15 is 0 Å². The predicted octanol–water partition coefficient (Wildman–Crippen LogP) is 5.16. The van der Waals surface area contributed by atoms with Crippen LogP contribution in [0.25, 0.3) is 5.69 Å². The first-order valence-corrected chi connectivity index (χ1v) is 10.7. The van der Waals surface area contributed by atoms with E-state index in [0.29, 0.717) is 11.6 Å². The van der Waals surface area contributed by atoms with Crippen LogP contribution in [-0.2, 0) is 4.74 Å². The number of anilines is 1. The van der Waals surface area contributed by atoms with Crippen molar-refractivity contribution in [1.82, 2.24) is 9.78 Å². The lowest BCUT2D eigenvalue weighted by Gasteiger charge is -2.22. The molecule has 6 heteroatoms. The monoisotopic (exact) mass is 403 g/mol. The highest BCUT2D eigenvalue weighted by atomic mass is 35.5. The molecule has 1 N–H and O–H groups in total. The SMILES string of the molecule is C1CCOCC1.CNc1cnn(-c2ccc(C3CCCCC3)cc2)c(=O)c1Cl. The minimum absolute atomic E-state index is 0.161. The van der Waals surface area contributed by atoms with Gasteiger partial charge in [-0.15, -0.1) is 0 Å². The van der Waals surface area contributed by atoms with E-state index in [1.165, 1.54) is 61.6 Å². The highest BCUT2D eigenvalue weighted by Gasteiger charge is 2.16. The quantitative estimate of drug-likeness (QED) is 0.768. The van der Waals surface area contributed by atoms with Crippen LogP contribution in [-0.4, -0.2) is 30.0 Å². The second-order valence-corrected chi connectivity index (χ2v) is 7.82. The molecular weight excluding hydrogens is 374 g/mol. The van der Waals surface area contributed by atoms with E-state index in [2.05, 4.69) is 22.5 Å². The summed E-state index contributed by atoms with van der Waals surface area (Å²) >= 11 is 6.07. The summed E-state index contributed by atoms with van der Waals surface area (Å²) in [4.78, 5) is 12.3. The van der Waals surface area contributed by atoms with Crippen LogP contribution < -0.4 is 10.9 Å². The molecule has 2 aromatic rings. The number of benzene rings is 1. The first-order chi connectivity index (χ1) is 13.7. The number of ether oxygens (including phenoxy) is 1. The third kappa shape index (κ3) is 5.36. The van der Waals surface area contributed by atoms with Crippen LogP contribution in [0, 0.1) is 0 Å². The first kappa shape index (κ1) is 20.9. The van der Waals surface area contributed by atoms with E-state index < -0.39 is 0 Å². The Labute approximate surface area is 172 Å². The Bertz CT molecular complexity index is 783. The molecule has 1 aromatic carbocycles. The summed E-state index contributed by atoms with van der Waals surface area (Å²) < 4.78 is 6.41. The largest absolute Gasteiger partial charge is 0.385 e. The molecule has 28 heavy (non-hydrogen) atoms. The van der Waals surface area contributed by atoms with Gasteiger partial charge >= 0.3 is 0 Å². The standard InChI is InChI=1S/C17H20ClN3O.C5H10O/c1-19-15-11-20-21(17(22)16(15)18)14-9-7-13(8-10-14)12-5-3-2-4-6-12;1-2-4-6-5-3-1/h7-12,19H,2-6H2,1H3;1-5H2. The van der Waals surface area contributed by atoms with E-state index in [4.69, 9.17) is 16.3 Å². The van der Waals surface area contributed by atoms with Crippen molar-refractivity contribution < 1.29 is 4.74 Å². The number of hydrogen-bond donors (Lipinski definition) is 1. The lowest BCUT2D eigenvalue weighted by atomic mass is 9.84. The molecule has 0 atom stereocenters. The van der Waals surface area contributed by atoms with Gasteiger partial charge in [0.15, 0.2) is 0 Å². The summed E-state index contributed by atoms with van der Waals surface area (Å²) in [6.45, 7) is 2.00. The average Bonchev–Trinajstić information content (AvgIpc) is 2.78. The van der Waals surface area contributed by atoms with Crippen molar-refractivity contribution in [3.63, 3.8) is 0 Å². The summed E-state index contributed by atoms with van der Waals surface area (Å²) in [5, 5.41) is 7.20. The second-order valence-electron chi connectivity index (χ2n) is 7.44. The number of nitrogens with one attached hydrogen (secondary N) is 1. The van der Waals surface area contributed by atoms with Gasteiger partial charge in [0.1, 0.15) is 5.02 Å². The van der Waals surface area contributed by atoms with Crippen LogP contribution in [0.1, 0.15) is 62.8 Å². The molecule has 0 unspecified atom stereocenters. The van der Waals surface area contributed by atoms with E-state index in [1.54, 1.807) is 13.2 Å². The maximum Gasteiger partial charge on any atom is 0.292 e. The van der Waals surface area contributed by atoms with Gasteiger partial charge in [-0.05, 0) is 55.7 Å². The maximum atomic E-state index is 12.3. The molecule has 1 aromatic heterocycles. The molecule has 5 nitrogen and oxygen atoms in total. The molecule has 2 aliphatic rings. The first-order valence-electron chi connectivity index (χ1n) is 10.3. The van der Waals surface area contributed by atoms with Crippen molar-refractivity contribution in [3.05, 3.63) is 51.4 Å². The molecule has 1 saturated heterocycles. The number of nitrogens with zero attached hydrogens (tertiary/aromatic N) is 2. The van der Waals surface area contributed by atoms with Crippen LogP contribution in [0.3, 0.4) is 0 Å². The summed E-state index contributed by atoms with van der Waals surface area (Å²) in [5.74, 6) is 0.655. The van der Waals surface area contributed by atoms with Crippen molar-refractivity contribution >= 4 is 17.3 Å². The minimum Gasteiger partial charge on any atom is -0.385 e. The number of hydrogen-bond acceptors (Lipinski definition) is 4. The highest BCUT2D eigenvalue weighted by molar-refractivity contribution is 6.32. The Kier molecular flexibility index (Phi) is 7.92. The Morgan fingerprint density at radius 2 is 1.68 bits per heavy atom. The summed E-state index contributed by atoms with van der Waals surface area (Å²) in [6.07, 6.45) is 12.0. The Morgan fingerprint density at radius 3 is 2.21 bits per heavy atom. The molecule has 4 rings (SSSR count). The molecule has 0 spiro atoms. The topological polar surface area (TPSA) is 56.1 Å². The fourth-order valence-electron chi connectivity index (χ4n) is 3.80. The van der Waals surface area contributed by atoms with Crippen LogP contribution in [0.5, 0.6) is 0 Å². The lowest BCUT2D eigenvalue weighted by Crippen LogP contribution is -2.22. The van der Waals surface area contributed by atoms with Gasteiger partial charge in [0.25, 0.3) is 5.56 Å². The molecule has 0 radical (unpaired) electrons. The van der Waals surface area contributed by atoms with Crippen LogP contribution in [0.4, 0.5) is 5.69 Å². The third-order valence-corrected chi connectivity index (χ3v) is 5.85. The zero-order valence-corrected chi connectivity index (χ0v) is 17.4. The molecule has 1 saturated carbocycles. The molecule has 0 amide bonds. The Balaban J connectivity index is 0.000000320. The molecule has 0 bridgehead atoms. The molecule has 152 valence electrons. The van der Waals surface area contributed by atoms with Crippen molar-refractivity contribution in [2.75, 3.05) is 25.6 Å². The Hall–Kier alpha value is -1.85. The van der Waals surface area contributed by atoms with Gasteiger partial charge in [-0.25, -0.2) is 0 Å². The van der Waals surface area contributed by atoms with Crippen molar-refractivity contribution in [1.29, 1.82) is 0 Å². The molecule has 1 aliphatic carbocycles. The van der Waals surface area contributed by atoms with Gasteiger partial charge in [0.2, 0.25) is 0 Å². The van der Waals surface area contributed by atoms with Crippen LogP contribution in [0.15, 0.2) is 35.3 Å². The summed E-state index contributed by atoms with van der Waals surface area (Å²) in [5.41, 5.74) is 2.34. The molecular formula is C22H30ClN3O2. The van der Waals surface area contributed by atoms with Gasteiger partial charge in [-0.1, -0.05) is 43.0 Å². The third-order valence-electron chi connectivity index (χ3n) is 5.48. The zero-order valence-electron chi connectivity index (χ0n) is 16.6. The van der Waals surface area contributed by atoms with Gasteiger partial charge in [0.05, 0.1) is 17.6 Å². The second kappa shape index (κ2) is 10.6. The summed E-state index contributed by atoms with van der Waals surface area (Å²) in [7, 11) is 1.71. The average molecular weight is 404 g/mol. The van der Waals surface area contributed by atoms with E-state index in [-0.39, 0.29) is 10.6 Å². The van der Waals surface area contributed by atoms with Crippen LogP contribution in [0.2, 0.25) is 5.02 Å². The minimum atomic E-state index is -0.307. The van der Waals surface area contributed by atoms with E-state index in [0.717, 1.165) is 18.9 Å². The van der Waals surface area contributed by atoms with Crippen LogP contribution >= 0.6 is 11.6 Å². The summed E-state index contributed by atoms with van der Waals surface area (Å²) in [6, 6.07) is 8.13. The van der Waals surface area contributed by atoms with Crippen molar-refractivity contribution in [2.45, 2.75) is 57.3 Å². The smallest absolute Gasteiger partial charge is 0.292 e. The van der Waals surface area contributed by atoms with E-state index in [1.807, 2.05) is 12.1 Å². The van der Waals surface area contributed by atoms with Gasteiger partial charge < -0.3 is 10.1 Å². The predicted molar refractivity (Wildman–Crippen MR) is 115 cm³/mol. The number of aromatic nitrogens is 2. The maximum absolute atomic E-state index is 12.3. The van der Waals surface area contributed by atoms with Gasteiger partial charge in [-0.3, -0.25) is 4.79 Å². The molecule has 2 fully saturated rings. The van der Waals surface area contributed by atoms with Crippen molar-refractivity contribution in [3.8, 4) is 5.69 Å². The normalized spacial score (nSPS) is 17.5. The fourth-order valence-corrected chi connectivity index (χ4v) is 4.03. The molecule has 2 heterocycles. The highest BCUT2D eigenvalue weighted by Crippen LogP contribution is 2.32. The fraction of sp³-hybridized carbons (Fsp3) is 0.545. The lowest BCUT2D eigenvalue weighted by molar-refractivity contribution is 0.0968.